The largest absolute Gasteiger partial charge is 0.380 e. The molecule has 6 nitrogen and oxygen atoms in total. The van der Waals surface area contributed by atoms with Crippen LogP contribution >= 0.6 is 15.9 Å². The number of aryl methyl sites for hydroxylation is 1. The van der Waals surface area contributed by atoms with Crippen LogP contribution in [0.25, 0.3) is 0 Å². The molecule has 1 aromatic heterocycles. The van der Waals surface area contributed by atoms with Gasteiger partial charge in [-0.1, -0.05) is 6.92 Å². The fraction of sp³-hybridized carbons (Fsp3) is 0.308. The highest BCUT2D eigenvalue weighted by molar-refractivity contribution is 9.10. The average Bonchev–Trinajstić information content (AvgIpc) is 2.86. The van der Waals surface area contributed by atoms with E-state index in [1.807, 2.05) is 10.9 Å². The van der Waals surface area contributed by atoms with E-state index in [0.29, 0.717) is 12.2 Å². The van der Waals surface area contributed by atoms with E-state index in [4.69, 9.17) is 0 Å². The maximum Gasteiger partial charge on any atom is 0.271 e. The molecule has 0 atom stereocenters. The molecule has 106 valence electrons. The van der Waals surface area contributed by atoms with Gasteiger partial charge in [0.15, 0.2) is 0 Å². The summed E-state index contributed by atoms with van der Waals surface area (Å²) in [6.45, 7) is 3.56. The maximum absolute atomic E-state index is 10.8. The van der Waals surface area contributed by atoms with Crippen LogP contribution in [0.2, 0.25) is 0 Å². The second-order valence-corrected chi connectivity index (χ2v) is 5.24. The number of benzene rings is 1. The third-order valence-electron chi connectivity index (χ3n) is 2.78. The van der Waals surface area contributed by atoms with Gasteiger partial charge in [0.1, 0.15) is 0 Å². The zero-order valence-electron chi connectivity index (χ0n) is 11.0. The van der Waals surface area contributed by atoms with Gasteiger partial charge in [-0.15, -0.1) is 0 Å². The summed E-state index contributed by atoms with van der Waals surface area (Å²) in [7, 11) is 0. The predicted octanol–water partition coefficient (Wildman–Crippen LogP) is 3.58. The number of nitrogens with one attached hydrogen (secondary N) is 1. The van der Waals surface area contributed by atoms with Gasteiger partial charge in [-0.05, 0) is 28.4 Å². The zero-order valence-corrected chi connectivity index (χ0v) is 12.6. The molecule has 0 saturated carbocycles. The number of hydrogen-bond donors (Lipinski definition) is 1. The standard InChI is InChI=1S/C13H15BrN4O2/c1-2-5-17-9-10(8-16-17)7-15-13-6-11(18(19)20)3-4-12(13)14/h3-4,6,8-9,15H,2,5,7H2,1H3. The van der Waals surface area contributed by atoms with Crippen LogP contribution in [0.4, 0.5) is 11.4 Å². The third kappa shape index (κ3) is 3.57. The lowest BCUT2D eigenvalue weighted by atomic mass is 10.2. The monoisotopic (exact) mass is 338 g/mol. The minimum atomic E-state index is -0.406. The van der Waals surface area contributed by atoms with E-state index in [9.17, 15) is 10.1 Å². The minimum absolute atomic E-state index is 0.0670. The average molecular weight is 339 g/mol. The van der Waals surface area contributed by atoms with Gasteiger partial charge >= 0.3 is 0 Å². The summed E-state index contributed by atoms with van der Waals surface area (Å²) in [6, 6.07) is 4.65. The van der Waals surface area contributed by atoms with Crippen molar-refractivity contribution in [3.05, 3.63) is 50.7 Å². The molecule has 0 fully saturated rings. The van der Waals surface area contributed by atoms with Crippen LogP contribution < -0.4 is 5.32 Å². The van der Waals surface area contributed by atoms with Crippen molar-refractivity contribution in [2.75, 3.05) is 5.32 Å². The number of nitrogens with zero attached hydrogens (tertiary/aromatic N) is 3. The molecule has 0 saturated heterocycles. The number of nitro groups is 1. The molecule has 0 unspecified atom stereocenters. The van der Waals surface area contributed by atoms with Gasteiger partial charge in [-0.3, -0.25) is 14.8 Å². The molecule has 1 N–H and O–H groups in total. The molecular formula is C13H15BrN4O2. The maximum atomic E-state index is 10.8. The van der Waals surface area contributed by atoms with Crippen molar-refractivity contribution in [3.63, 3.8) is 0 Å². The van der Waals surface area contributed by atoms with E-state index in [1.165, 1.54) is 12.1 Å². The van der Waals surface area contributed by atoms with E-state index in [1.54, 1.807) is 12.3 Å². The Morgan fingerprint density at radius 3 is 3.00 bits per heavy atom. The van der Waals surface area contributed by atoms with Crippen LogP contribution in [0.15, 0.2) is 35.1 Å². The van der Waals surface area contributed by atoms with Gasteiger partial charge in [0.05, 0.1) is 16.8 Å². The second kappa shape index (κ2) is 6.51. The predicted molar refractivity (Wildman–Crippen MR) is 80.6 cm³/mol. The second-order valence-electron chi connectivity index (χ2n) is 4.39. The quantitative estimate of drug-likeness (QED) is 0.645. The molecule has 0 aliphatic rings. The normalized spacial score (nSPS) is 10.5. The van der Waals surface area contributed by atoms with E-state index >= 15 is 0 Å². The number of anilines is 1. The summed E-state index contributed by atoms with van der Waals surface area (Å²) < 4.78 is 2.68. The van der Waals surface area contributed by atoms with E-state index in [2.05, 4.69) is 33.3 Å². The lowest BCUT2D eigenvalue weighted by Crippen LogP contribution is -2.00. The summed E-state index contributed by atoms with van der Waals surface area (Å²) in [6.07, 6.45) is 4.81. The number of halogens is 1. The van der Waals surface area contributed by atoms with Crippen molar-refractivity contribution < 1.29 is 4.92 Å². The Hall–Kier alpha value is -1.89. The SMILES string of the molecule is CCCn1cc(CNc2cc([N+](=O)[O-])ccc2Br)cn1. The van der Waals surface area contributed by atoms with Crippen molar-refractivity contribution in [3.8, 4) is 0 Å². The summed E-state index contributed by atoms with van der Waals surface area (Å²) in [5, 5.41) is 18.2. The fourth-order valence-electron chi connectivity index (χ4n) is 1.81. The Labute approximate surface area is 125 Å². The highest BCUT2D eigenvalue weighted by Crippen LogP contribution is 2.27. The fourth-order valence-corrected chi connectivity index (χ4v) is 2.20. The number of rotatable bonds is 6. The number of aromatic nitrogens is 2. The Kier molecular flexibility index (Phi) is 4.73. The van der Waals surface area contributed by atoms with Gasteiger partial charge in [0, 0.05) is 41.5 Å². The van der Waals surface area contributed by atoms with Crippen molar-refractivity contribution >= 4 is 27.3 Å². The van der Waals surface area contributed by atoms with Gasteiger partial charge < -0.3 is 5.32 Å². The van der Waals surface area contributed by atoms with Gasteiger partial charge in [0.2, 0.25) is 0 Å². The Morgan fingerprint density at radius 1 is 1.50 bits per heavy atom. The molecule has 0 amide bonds. The highest BCUT2D eigenvalue weighted by Gasteiger charge is 2.09. The van der Waals surface area contributed by atoms with Crippen molar-refractivity contribution in [2.24, 2.45) is 0 Å². The highest BCUT2D eigenvalue weighted by atomic mass is 79.9. The Bertz CT molecular complexity index is 612. The summed E-state index contributed by atoms with van der Waals surface area (Å²) in [5.41, 5.74) is 1.80. The Morgan fingerprint density at radius 2 is 2.30 bits per heavy atom. The zero-order chi connectivity index (χ0) is 14.5. The molecule has 7 heteroatoms. The van der Waals surface area contributed by atoms with Crippen LogP contribution in [0.1, 0.15) is 18.9 Å². The lowest BCUT2D eigenvalue weighted by Gasteiger charge is -2.07. The molecule has 0 radical (unpaired) electrons. The molecule has 20 heavy (non-hydrogen) atoms. The summed E-state index contributed by atoms with van der Waals surface area (Å²) >= 11 is 3.38. The first-order chi connectivity index (χ1) is 9.60. The smallest absolute Gasteiger partial charge is 0.271 e. The van der Waals surface area contributed by atoms with E-state index in [-0.39, 0.29) is 5.69 Å². The minimum Gasteiger partial charge on any atom is -0.380 e. The van der Waals surface area contributed by atoms with Crippen LogP contribution in [-0.4, -0.2) is 14.7 Å². The number of hydrogen-bond acceptors (Lipinski definition) is 4. The number of non-ortho nitro benzene ring substituents is 1. The van der Waals surface area contributed by atoms with Crippen LogP contribution in [0, 0.1) is 10.1 Å². The van der Waals surface area contributed by atoms with Crippen molar-refractivity contribution in [1.29, 1.82) is 0 Å². The topological polar surface area (TPSA) is 73.0 Å². The summed E-state index contributed by atoms with van der Waals surface area (Å²) in [4.78, 5) is 10.4. The first kappa shape index (κ1) is 14.5. The van der Waals surface area contributed by atoms with Crippen LogP contribution in [-0.2, 0) is 13.1 Å². The van der Waals surface area contributed by atoms with Gasteiger partial charge in [0.25, 0.3) is 5.69 Å². The number of nitro benzene ring substituents is 1. The molecule has 2 rings (SSSR count). The summed E-state index contributed by atoms with van der Waals surface area (Å²) in [5.74, 6) is 0. The van der Waals surface area contributed by atoms with Gasteiger partial charge in [-0.25, -0.2) is 0 Å². The molecule has 0 spiro atoms. The van der Waals surface area contributed by atoms with E-state index < -0.39 is 4.92 Å². The molecule has 0 aliphatic carbocycles. The lowest BCUT2D eigenvalue weighted by molar-refractivity contribution is -0.384. The van der Waals surface area contributed by atoms with Gasteiger partial charge in [-0.2, -0.15) is 5.10 Å². The molecular weight excluding hydrogens is 324 g/mol. The molecule has 2 aromatic rings. The first-order valence-corrected chi connectivity index (χ1v) is 7.08. The molecule has 0 aliphatic heterocycles. The third-order valence-corrected chi connectivity index (χ3v) is 3.47. The molecule has 1 aromatic carbocycles. The van der Waals surface area contributed by atoms with Crippen LogP contribution in [0.3, 0.4) is 0 Å². The van der Waals surface area contributed by atoms with Crippen LogP contribution in [0.5, 0.6) is 0 Å². The Balaban J connectivity index is 2.05. The molecule has 1 heterocycles. The van der Waals surface area contributed by atoms with Crippen molar-refractivity contribution in [1.82, 2.24) is 9.78 Å². The molecule has 0 bridgehead atoms. The van der Waals surface area contributed by atoms with E-state index in [0.717, 1.165) is 23.0 Å². The first-order valence-electron chi connectivity index (χ1n) is 6.29. The van der Waals surface area contributed by atoms with Crippen molar-refractivity contribution in [2.45, 2.75) is 26.4 Å².